The van der Waals surface area contributed by atoms with Crippen LogP contribution in [0.1, 0.15) is 35.3 Å². The van der Waals surface area contributed by atoms with Crippen LogP contribution in [0.3, 0.4) is 0 Å². The molecule has 1 heterocycles. The number of hydrogen-bond acceptors (Lipinski definition) is 5. The van der Waals surface area contributed by atoms with Crippen molar-refractivity contribution < 1.29 is 13.2 Å². The number of aromatic nitrogens is 3. The van der Waals surface area contributed by atoms with E-state index in [2.05, 4.69) is 31.3 Å². The van der Waals surface area contributed by atoms with Gasteiger partial charge in [0.25, 0.3) is 0 Å². The molecule has 0 atom stereocenters. The maximum absolute atomic E-state index is 12.7. The quantitative estimate of drug-likeness (QED) is 0.511. The third kappa shape index (κ3) is 5.74. The number of H-pyrrole nitrogens is 1. The molecule has 1 aromatic heterocycles. The van der Waals surface area contributed by atoms with Crippen LogP contribution in [0, 0.1) is 13.8 Å². The van der Waals surface area contributed by atoms with Crippen molar-refractivity contribution in [3.05, 3.63) is 70.8 Å². The second-order valence-corrected chi connectivity index (χ2v) is 8.93. The Bertz CT molecular complexity index is 1150. The van der Waals surface area contributed by atoms with Gasteiger partial charge in [0.15, 0.2) is 5.82 Å². The fraction of sp³-hybridized carbons (Fsp3) is 0.286. The van der Waals surface area contributed by atoms with E-state index in [0.717, 1.165) is 17.0 Å². The zero-order valence-corrected chi connectivity index (χ0v) is 18.0. The van der Waals surface area contributed by atoms with Gasteiger partial charge in [-0.25, -0.2) is 18.1 Å². The Morgan fingerprint density at radius 1 is 1.10 bits per heavy atom. The lowest BCUT2D eigenvalue weighted by Crippen LogP contribution is -2.27. The van der Waals surface area contributed by atoms with Gasteiger partial charge in [0.05, 0.1) is 5.69 Å². The maximum atomic E-state index is 12.7. The van der Waals surface area contributed by atoms with Gasteiger partial charge in [-0.3, -0.25) is 9.89 Å². The maximum Gasteiger partial charge on any atom is 0.242 e. The van der Waals surface area contributed by atoms with E-state index in [1.807, 2.05) is 25.1 Å². The molecule has 3 N–H and O–H groups in total. The number of sulfonamides is 1. The standard InChI is InChI=1S/C21H25N5O3S/c1-14-5-4-6-17(11-14)13-21-24-20(25-26-21)9-10-22-30(28,29)19-12-15(2)7-8-18(19)23-16(3)27/h4-8,11-12,22H,9-10,13H2,1-3H3,(H,23,27)(H,24,25,26). The summed E-state index contributed by atoms with van der Waals surface area (Å²) in [5.41, 5.74) is 3.33. The number of benzene rings is 2. The first-order valence-electron chi connectivity index (χ1n) is 9.56. The van der Waals surface area contributed by atoms with Crippen molar-refractivity contribution in [1.82, 2.24) is 19.9 Å². The topological polar surface area (TPSA) is 117 Å². The van der Waals surface area contributed by atoms with Crippen LogP contribution in [0.25, 0.3) is 0 Å². The van der Waals surface area contributed by atoms with Crippen molar-refractivity contribution in [3.63, 3.8) is 0 Å². The molecule has 0 bridgehead atoms. The summed E-state index contributed by atoms with van der Waals surface area (Å²) in [7, 11) is -3.81. The molecule has 0 fully saturated rings. The molecule has 9 heteroatoms. The lowest BCUT2D eigenvalue weighted by molar-refractivity contribution is -0.114. The lowest BCUT2D eigenvalue weighted by atomic mass is 10.1. The average molecular weight is 428 g/mol. The van der Waals surface area contributed by atoms with Gasteiger partial charge in [0.1, 0.15) is 10.7 Å². The minimum Gasteiger partial charge on any atom is -0.325 e. The SMILES string of the molecule is CC(=O)Nc1ccc(C)cc1S(=O)(=O)NCCc1n[nH]c(Cc2cccc(C)c2)n1. The lowest BCUT2D eigenvalue weighted by Gasteiger charge is -2.12. The first-order valence-corrected chi connectivity index (χ1v) is 11.0. The summed E-state index contributed by atoms with van der Waals surface area (Å²) in [4.78, 5) is 15.9. The summed E-state index contributed by atoms with van der Waals surface area (Å²) in [5.74, 6) is 0.925. The molecule has 2 aromatic carbocycles. The van der Waals surface area contributed by atoms with Crippen molar-refractivity contribution >= 4 is 21.6 Å². The highest BCUT2D eigenvalue weighted by Gasteiger charge is 2.19. The van der Waals surface area contributed by atoms with E-state index in [1.165, 1.54) is 18.6 Å². The first kappa shape index (κ1) is 21.7. The second-order valence-electron chi connectivity index (χ2n) is 7.19. The predicted molar refractivity (Wildman–Crippen MR) is 115 cm³/mol. The van der Waals surface area contributed by atoms with E-state index >= 15 is 0 Å². The van der Waals surface area contributed by atoms with Crippen LogP contribution in [0.5, 0.6) is 0 Å². The molecule has 30 heavy (non-hydrogen) atoms. The molecule has 0 aliphatic heterocycles. The number of carbonyl (C=O) groups excluding carboxylic acids is 1. The molecule has 8 nitrogen and oxygen atoms in total. The zero-order chi connectivity index (χ0) is 21.7. The van der Waals surface area contributed by atoms with Crippen LogP contribution in [0.4, 0.5) is 5.69 Å². The van der Waals surface area contributed by atoms with Gasteiger partial charge in [-0.15, -0.1) is 0 Å². The predicted octanol–water partition coefficient (Wildman–Crippen LogP) is 2.49. The first-order chi connectivity index (χ1) is 14.2. The molecular formula is C21H25N5O3S. The average Bonchev–Trinajstić information content (AvgIpc) is 3.10. The Labute approximate surface area is 176 Å². The number of nitrogens with one attached hydrogen (secondary N) is 3. The highest BCUT2D eigenvalue weighted by Crippen LogP contribution is 2.22. The summed E-state index contributed by atoms with van der Waals surface area (Å²) in [6.07, 6.45) is 0.967. The fourth-order valence-corrected chi connectivity index (χ4v) is 4.34. The van der Waals surface area contributed by atoms with Crippen LogP contribution < -0.4 is 10.0 Å². The van der Waals surface area contributed by atoms with Crippen molar-refractivity contribution in [2.24, 2.45) is 0 Å². The summed E-state index contributed by atoms with van der Waals surface area (Å²) < 4.78 is 28.0. The fourth-order valence-electron chi connectivity index (χ4n) is 3.06. The normalized spacial score (nSPS) is 11.4. The van der Waals surface area contributed by atoms with E-state index in [1.54, 1.807) is 19.1 Å². The highest BCUT2D eigenvalue weighted by molar-refractivity contribution is 7.89. The van der Waals surface area contributed by atoms with E-state index < -0.39 is 10.0 Å². The number of rotatable bonds is 8. The summed E-state index contributed by atoms with van der Waals surface area (Å²) in [6, 6.07) is 13.0. The molecule has 3 rings (SSSR count). The molecule has 3 aromatic rings. The van der Waals surface area contributed by atoms with E-state index in [4.69, 9.17) is 0 Å². The third-order valence-electron chi connectivity index (χ3n) is 4.41. The molecule has 0 unspecified atom stereocenters. The van der Waals surface area contributed by atoms with Gasteiger partial charge in [0, 0.05) is 26.3 Å². The van der Waals surface area contributed by atoms with E-state index in [9.17, 15) is 13.2 Å². The Hall–Kier alpha value is -3.04. The Kier molecular flexibility index (Phi) is 6.63. The van der Waals surface area contributed by atoms with Gasteiger partial charge in [-0.05, 0) is 37.1 Å². The number of nitrogens with zero attached hydrogens (tertiary/aromatic N) is 2. The molecule has 0 aliphatic rings. The smallest absolute Gasteiger partial charge is 0.242 e. The van der Waals surface area contributed by atoms with Crippen molar-refractivity contribution in [2.75, 3.05) is 11.9 Å². The summed E-state index contributed by atoms with van der Waals surface area (Å²) in [6.45, 7) is 5.30. The van der Waals surface area contributed by atoms with Gasteiger partial charge < -0.3 is 5.32 Å². The minimum atomic E-state index is -3.81. The number of hydrogen-bond donors (Lipinski definition) is 3. The van der Waals surface area contributed by atoms with E-state index in [-0.39, 0.29) is 23.0 Å². The Balaban J connectivity index is 1.63. The van der Waals surface area contributed by atoms with Crippen LogP contribution in [-0.4, -0.2) is 36.1 Å². The molecule has 158 valence electrons. The minimum absolute atomic E-state index is 0.0350. The van der Waals surface area contributed by atoms with Crippen LogP contribution >= 0.6 is 0 Å². The molecule has 0 saturated heterocycles. The van der Waals surface area contributed by atoms with Crippen molar-refractivity contribution in [3.8, 4) is 0 Å². The Morgan fingerprint density at radius 3 is 2.60 bits per heavy atom. The molecule has 1 amide bonds. The molecule has 0 radical (unpaired) electrons. The largest absolute Gasteiger partial charge is 0.325 e. The second kappa shape index (κ2) is 9.19. The van der Waals surface area contributed by atoms with Gasteiger partial charge in [-0.1, -0.05) is 35.9 Å². The summed E-state index contributed by atoms with van der Waals surface area (Å²) >= 11 is 0. The number of aryl methyl sites for hydroxylation is 2. The van der Waals surface area contributed by atoms with Crippen molar-refractivity contribution in [1.29, 1.82) is 0 Å². The monoisotopic (exact) mass is 427 g/mol. The van der Waals surface area contributed by atoms with Gasteiger partial charge >= 0.3 is 0 Å². The molecule has 0 aliphatic carbocycles. The third-order valence-corrected chi connectivity index (χ3v) is 5.91. The highest BCUT2D eigenvalue weighted by atomic mass is 32.2. The van der Waals surface area contributed by atoms with Gasteiger partial charge in [0.2, 0.25) is 15.9 Å². The number of aromatic amines is 1. The number of carbonyl (C=O) groups is 1. The Morgan fingerprint density at radius 2 is 1.87 bits per heavy atom. The van der Waals surface area contributed by atoms with Crippen molar-refractivity contribution in [2.45, 2.75) is 38.5 Å². The molecular weight excluding hydrogens is 402 g/mol. The van der Waals surface area contributed by atoms with Crippen LogP contribution in [0.15, 0.2) is 47.4 Å². The van der Waals surface area contributed by atoms with Gasteiger partial charge in [-0.2, -0.15) is 5.10 Å². The molecule has 0 saturated carbocycles. The summed E-state index contributed by atoms with van der Waals surface area (Å²) in [5, 5.41) is 9.63. The molecule has 0 spiro atoms. The van der Waals surface area contributed by atoms with Crippen LogP contribution in [0.2, 0.25) is 0 Å². The number of amides is 1. The van der Waals surface area contributed by atoms with E-state index in [0.29, 0.717) is 18.7 Å². The van der Waals surface area contributed by atoms with Crippen LogP contribution in [-0.2, 0) is 27.7 Å². The number of anilines is 1. The zero-order valence-electron chi connectivity index (χ0n) is 17.2.